The van der Waals surface area contributed by atoms with E-state index in [0.29, 0.717) is 47.9 Å². The van der Waals surface area contributed by atoms with Gasteiger partial charge in [0.05, 0.1) is 47.1 Å². The number of nitrogens with two attached hydrogens (primary N) is 1. The largest absolute Gasteiger partial charge is 0.384 e. The molecule has 5 rings (SSSR count). The summed E-state index contributed by atoms with van der Waals surface area (Å²) < 4.78 is 12.9. The van der Waals surface area contributed by atoms with Crippen LogP contribution in [0.3, 0.4) is 0 Å². The lowest BCUT2D eigenvalue weighted by Gasteiger charge is -2.29. The van der Waals surface area contributed by atoms with Crippen molar-refractivity contribution in [1.82, 2.24) is 14.5 Å². The van der Waals surface area contributed by atoms with Gasteiger partial charge in [0.25, 0.3) is 5.91 Å². The van der Waals surface area contributed by atoms with Crippen molar-refractivity contribution in [2.75, 3.05) is 44.9 Å². The molecule has 2 N–H and O–H groups in total. The fraction of sp³-hybridized carbons (Fsp3) is 0.292. The van der Waals surface area contributed by atoms with Crippen molar-refractivity contribution in [2.45, 2.75) is 6.42 Å². The summed E-state index contributed by atoms with van der Waals surface area (Å²) in [4.78, 5) is 24.0. The number of benzene rings is 2. The second kappa shape index (κ2) is 8.97. The van der Waals surface area contributed by atoms with Crippen LogP contribution in [0.2, 0.25) is 5.02 Å². The Morgan fingerprint density at radius 2 is 2.03 bits per heavy atom. The number of fused-ring (bicyclic) bond motifs is 2. The van der Waals surface area contributed by atoms with Gasteiger partial charge in [-0.1, -0.05) is 23.7 Å². The number of ether oxygens (including phenoxy) is 2. The summed E-state index contributed by atoms with van der Waals surface area (Å²) in [7, 11) is 1.65. The van der Waals surface area contributed by atoms with Crippen LogP contribution < -0.4 is 10.6 Å². The van der Waals surface area contributed by atoms with Gasteiger partial charge in [-0.3, -0.25) is 14.3 Å². The number of carbonyl (C=O) groups excluding carboxylic acids is 1. The number of rotatable bonds is 6. The highest BCUT2D eigenvalue weighted by atomic mass is 35.5. The molecule has 0 unspecified atom stereocenters. The van der Waals surface area contributed by atoms with Crippen LogP contribution in [0.4, 0.5) is 5.69 Å². The number of hydrogen-bond donors (Lipinski definition) is 1. The topological polar surface area (TPSA) is 95.5 Å². The number of anilines is 1. The molecule has 9 heteroatoms. The lowest BCUT2D eigenvalue weighted by Crippen LogP contribution is -2.36. The first-order valence-electron chi connectivity index (χ1n) is 10.8. The van der Waals surface area contributed by atoms with Crippen molar-refractivity contribution in [3.63, 3.8) is 0 Å². The van der Waals surface area contributed by atoms with E-state index in [2.05, 4.69) is 20.5 Å². The molecule has 0 radical (unpaired) electrons. The monoisotopic (exact) mass is 465 g/mol. The summed E-state index contributed by atoms with van der Waals surface area (Å²) >= 11 is 6.44. The predicted octanol–water partition coefficient (Wildman–Crippen LogP) is 3.35. The molecule has 1 aliphatic rings. The maximum absolute atomic E-state index is 12.5. The Hall–Kier alpha value is -3.20. The maximum atomic E-state index is 12.5. The smallest absolute Gasteiger partial charge is 0.251 e. The number of aromatic nitrogens is 3. The highest BCUT2D eigenvalue weighted by Gasteiger charge is 2.22. The van der Waals surface area contributed by atoms with Crippen LogP contribution in [0.25, 0.3) is 27.6 Å². The third-order valence-corrected chi connectivity index (χ3v) is 6.23. The van der Waals surface area contributed by atoms with E-state index >= 15 is 0 Å². The SMILES string of the molecule is COCCc1nc2c(C(N)=O)cc(N3CCOCC3)cc2n1-c1ccnc2c(Cl)cccc12. The van der Waals surface area contributed by atoms with E-state index < -0.39 is 5.91 Å². The van der Waals surface area contributed by atoms with E-state index in [9.17, 15) is 4.79 Å². The molecular formula is C24H24ClN5O3. The fourth-order valence-corrected chi connectivity index (χ4v) is 4.58. The summed E-state index contributed by atoms with van der Waals surface area (Å²) in [6.07, 6.45) is 2.29. The lowest BCUT2D eigenvalue weighted by atomic mass is 10.1. The van der Waals surface area contributed by atoms with Gasteiger partial charge in [0.1, 0.15) is 11.3 Å². The van der Waals surface area contributed by atoms with E-state index in [0.717, 1.165) is 41.2 Å². The van der Waals surface area contributed by atoms with E-state index in [1.807, 2.05) is 30.3 Å². The third-order valence-electron chi connectivity index (χ3n) is 5.93. The zero-order chi connectivity index (χ0) is 22.9. The van der Waals surface area contributed by atoms with Gasteiger partial charge in [-0.2, -0.15) is 0 Å². The zero-order valence-electron chi connectivity index (χ0n) is 18.3. The predicted molar refractivity (Wildman–Crippen MR) is 129 cm³/mol. The van der Waals surface area contributed by atoms with Crippen LogP contribution in [-0.4, -0.2) is 60.5 Å². The number of carbonyl (C=O) groups is 1. The molecule has 0 bridgehead atoms. The van der Waals surface area contributed by atoms with Crippen molar-refractivity contribution in [3.05, 3.63) is 59.0 Å². The molecule has 2 aromatic carbocycles. The summed E-state index contributed by atoms with van der Waals surface area (Å²) in [5.41, 5.74) is 10.1. The molecule has 0 aliphatic carbocycles. The molecule has 0 atom stereocenters. The highest BCUT2D eigenvalue weighted by Crippen LogP contribution is 2.33. The average Bonchev–Trinajstić information content (AvgIpc) is 3.20. The average molecular weight is 466 g/mol. The second-order valence-electron chi connectivity index (χ2n) is 7.90. The van der Waals surface area contributed by atoms with Crippen LogP contribution in [0, 0.1) is 0 Å². The van der Waals surface area contributed by atoms with Crippen LogP contribution in [0.5, 0.6) is 0 Å². The van der Waals surface area contributed by atoms with Crippen molar-refractivity contribution in [2.24, 2.45) is 5.73 Å². The fourth-order valence-electron chi connectivity index (χ4n) is 4.35. The maximum Gasteiger partial charge on any atom is 0.251 e. The minimum absolute atomic E-state index is 0.391. The van der Waals surface area contributed by atoms with Gasteiger partial charge in [0.15, 0.2) is 0 Å². The molecule has 1 saturated heterocycles. The van der Waals surface area contributed by atoms with E-state index in [-0.39, 0.29) is 0 Å². The number of morpholine rings is 1. The highest BCUT2D eigenvalue weighted by molar-refractivity contribution is 6.35. The summed E-state index contributed by atoms with van der Waals surface area (Å²) in [6, 6.07) is 11.5. The van der Waals surface area contributed by atoms with Crippen molar-refractivity contribution >= 4 is 45.1 Å². The minimum atomic E-state index is -0.513. The second-order valence-corrected chi connectivity index (χ2v) is 8.30. The number of pyridine rings is 1. The number of hydrogen-bond acceptors (Lipinski definition) is 6. The summed E-state index contributed by atoms with van der Waals surface area (Å²) in [5, 5.41) is 1.46. The molecular weight excluding hydrogens is 442 g/mol. The van der Waals surface area contributed by atoms with Gasteiger partial charge in [0, 0.05) is 43.9 Å². The Morgan fingerprint density at radius 1 is 1.21 bits per heavy atom. The van der Waals surface area contributed by atoms with Gasteiger partial charge in [-0.15, -0.1) is 0 Å². The van der Waals surface area contributed by atoms with Crippen LogP contribution >= 0.6 is 11.6 Å². The minimum Gasteiger partial charge on any atom is -0.384 e. The Kier molecular flexibility index (Phi) is 5.88. The Bertz CT molecular complexity index is 1350. The summed E-state index contributed by atoms with van der Waals surface area (Å²) in [6.45, 7) is 3.23. The first kappa shape index (κ1) is 21.6. The molecule has 8 nitrogen and oxygen atoms in total. The quantitative estimate of drug-likeness (QED) is 0.469. The van der Waals surface area contributed by atoms with Crippen LogP contribution in [0.15, 0.2) is 42.6 Å². The number of halogens is 1. The first-order chi connectivity index (χ1) is 16.1. The van der Waals surface area contributed by atoms with Crippen molar-refractivity contribution in [1.29, 1.82) is 0 Å². The number of methoxy groups -OCH3 is 1. The first-order valence-corrected chi connectivity index (χ1v) is 11.2. The standard InChI is InChI=1S/C24H24ClN5O3/c1-32-10-6-21-28-23-17(24(26)31)13-15(29-8-11-33-12-9-29)14-20(23)30(21)19-5-7-27-22-16(19)3-2-4-18(22)25/h2-5,7,13-14H,6,8-12H2,1H3,(H2,26,31). The van der Waals surface area contributed by atoms with Crippen LogP contribution in [-0.2, 0) is 15.9 Å². The van der Waals surface area contributed by atoms with E-state index in [4.69, 9.17) is 31.8 Å². The lowest BCUT2D eigenvalue weighted by molar-refractivity contribution is 0.100. The third kappa shape index (κ3) is 3.90. The molecule has 4 aromatic rings. The molecule has 2 aromatic heterocycles. The van der Waals surface area contributed by atoms with Crippen molar-refractivity contribution < 1.29 is 14.3 Å². The number of nitrogens with zero attached hydrogens (tertiary/aromatic N) is 4. The molecule has 170 valence electrons. The molecule has 1 aliphatic heterocycles. The molecule has 33 heavy (non-hydrogen) atoms. The van der Waals surface area contributed by atoms with Gasteiger partial charge in [0.2, 0.25) is 0 Å². The molecule has 0 saturated carbocycles. The molecule has 1 amide bonds. The number of primary amides is 1. The Labute approximate surface area is 195 Å². The van der Waals surface area contributed by atoms with Gasteiger partial charge < -0.3 is 20.1 Å². The van der Waals surface area contributed by atoms with Gasteiger partial charge in [-0.25, -0.2) is 4.98 Å². The number of para-hydroxylation sites is 1. The van der Waals surface area contributed by atoms with E-state index in [1.165, 1.54) is 0 Å². The number of imidazole rings is 1. The molecule has 1 fully saturated rings. The zero-order valence-corrected chi connectivity index (χ0v) is 19.0. The van der Waals surface area contributed by atoms with Gasteiger partial charge >= 0.3 is 0 Å². The van der Waals surface area contributed by atoms with E-state index in [1.54, 1.807) is 13.3 Å². The van der Waals surface area contributed by atoms with Crippen molar-refractivity contribution in [3.8, 4) is 5.69 Å². The summed E-state index contributed by atoms with van der Waals surface area (Å²) in [5.74, 6) is 0.252. The Balaban J connectivity index is 1.82. The number of amides is 1. The van der Waals surface area contributed by atoms with Gasteiger partial charge in [-0.05, 0) is 24.3 Å². The molecule has 3 heterocycles. The van der Waals surface area contributed by atoms with Crippen LogP contribution in [0.1, 0.15) is 16.2 Å². The molecule has 0 spiro atoms. The normalized spacial score (nSPS) is 14.3. The Morgan fingerprint density at radius 3 is 2.79 bits per heavy atom.